The molecular weight excluding hydrogens is 245 g/mol. The third kappa shape index (κ3) is 2.93. The first kappa shape index (κ1) is 14.0. The molecule has 104 valence electrons. The Balaban J connectivity index is 2.09. The Hall–Kier alpha value is -1.46. The van der Waals surface area contributed by atoms with Crippen molar-refractivity contribution >= 4 is 5.91 Å². The molecule has 1 unspecified atom stereocenters. The molecule has 0 aliphatic carbocycles. The van der Waals surface area contributed by atoms with Crippen molar-refractivity contribution in [3.05, 3.63) is 35.1 Å². The van der Waals surface area contributed by atoms with Gasteiger partial charge in [0.1, 0.15) is 5.82 Å². The Kier molecular flexibility index (Phi) is 3.87. The van der Waals surface area contributed by atoms with Gasteiger partial charge in [0.2, 0.25) is 5.91 Å². The minimum absolute atomic E-state index is 0.256. The first-order valence-electron chi connectivity index (χ1n) is 6.44. The molecule has 1 saturated heterocycles. The molecule has 2 rings (SSSR count). The van der Waals surface area contributed by atoms with Gasteiger partial charge in [-0.15, -0.1) is 0 Å². The van der Waals surface area contributed by atoms with Crippen LogP contribution in [0.4, 0.5) is 4.39 Å². The summed E-state index contributed by atoms with van der Waals surface area (Å²) in [5.41, 5.74) is 12.4. The lowest BCUT2D eigenvalue weighted by Crippen LogP contribution is -2.37. The average Bonchev–Trinajstić information content (AvgIpc) is 2.74. The number of carbonyl (C=O) groups is 1. The zero-order valence-electron chi connectivity index (χ0n) is 11.2. The predicted molar refractivity (Wildman–Crippen MR) is 71.5 cm³/mol. The summed E-state index contributed by atoms with van der Waals surface area (Å²) in [6.45, 7) is 4.35. The number of nitrogens with two attached hydrogens (primary N) is 2. The van der Waals surface area contributed by atoms with Gasteiger partial charge in [-0.25, -0.2) is 4.39 Å². The highest BCUT2D eigenvalue weighted by atomic mass is 19.1. The molecule has 1 amide bonds. The zero-order valence-corrected chi connectivity index (χ0v) is 11.2. The van der Waals surface area contributed by atoms with Gasteiger partial charge >= 0.3 is 0 Å². The molecule has 5 heteroatoms. The van der Waals surface area contributed by atoms with E-state index < -0.39 is 5.41 Å². The molecule has 0 bridgehead atoms. The molecule has 1 heterocycles. The summed E-state index contributed by atoms with van der Waals surface area (Å²) in [6.07, 6.45) is 0.765. The van der Waals surface area contributed by atoms with Crippen molar-refractivity contribution in [3.63, 3.8) is 0 Å². The maximum absolute atomic E-state index is 13.1. The maximum Gasteiger partial charge on any atom is 0.224 e. The Labute approximate surface area is 112 Å². The minimum atomic E-state index is -0.455. The standard InChI is InChI=1S/C14H20FN3O/c1-14(13(17)19)4-5-18(9-14)8-10-2-3-12(15)6-11(10)7-16/h2-3,6H,4-5,7-9,16H2,1H3,(H2,17,19). The molecule has 1 fully saturated rings. The van der Waals surface area contributed by atoms with Crippen LogP contribution in [-0.4, -0.2) is 23.9 Å². The van der Waals surface area contributed by atoms with Crippen LogP contribution in [0.25, 0.3) is 0 Å². The van der Waals surface area contributed by atoms with E-state index in [1.165, 1.54) is 12.1 Å². The molecule has 1 aromatic carbocycles. The predicted octanol–water partition coefficient (Wildman–Crippen LogP) is 0.982. The van der Waals surface area contributed by atoms with E-state index in [-0.39, 0.29) is 11.7 Å². The van der Waals surface area contributed by atoms with Crippen LogP contribution in [0.2, 0.25) is 0 Å². The molecule has 0 saturated carbocycles. The lowest BCUT2D eigenvalue weighted by atomic mass is 9.89. The highest BCUT2D eigenvalue weighted by Gasteiger charge is 2.38. The second-order valence-electron chi connectivity index (χ2n) is 5.50. The minimum Gasteiger partial charge on any atom is -0.369 e. The van der Waals surface area contributed by atoms with Crippen LogP contribution in [0, 0.1) is 11.2 Å². The van der Waals surface area contributed by atoms with Crippen molar-refractivity contribution in [1.82, 2.24) is 4.90 Å². The first-order chi connectivity index (χ1) is 8.94. The fourth-order valence-electron chi connectivity index (χ4n) is 2.57. The number of hydrogen-bond donors (Lipinski definition) is 2. The largest absolute Gasteiger partial charge is 0.369 e. The third-order valence-corrected chi connectivity index (χ3v) is 3.93. The molecule has 0 radical (unpaired) electrons. The molecule has 1 aromatic rings. The summed E-state index contributed by atoms with van der Waals surface area (Å²) in [7, 11) is 0. The molecule has 19 heavy (non-hydrogen) atoms. The van der Waals surface area contributed by atoms with Crippen LogP contribution in [0.5, 0.6) is 0 Å². The van der Waals surface area contributed by atoms with E-state index in [2.05, 4.69) is 4.90 Å². The summed E-state index contributed by atoms with van der Waals surface area (Å²) in [4.78, 5) is 13.6. The number of halogens is 1. The third-order valence-electron chi connectivity index (χ3n) is 3.93. The van der Waals surface area contributed by atoms with Gasteiger partial charge in [-0.3, -0.25) is 9.69 Å². The van der Waals surface area contributed by atoms with Crippen LogP contribution < -0.4 is 11.5 Å². The van der Waals surface area contributed by atoms with Crippen LogP contribution in [0.15, 0.2) is 18.2 Å². The highest BCUT2D eigenvalue weighted by molar-refractivity contribution is 5.81. The smallest absolute Gasteiger partial charge is 0.224 e. The summed E-state index contributed by atoms with van der Waals surface area (Å²) < 4.78 is 13.1. The SMILES string of the molecule is CC1(C(N)=O)CCN(Cc2ccc(F)cc2CN)C1. The van der Waals surface area contributed by atoms with Gasteiger partial charge in [0.15, 0.2) is 0 Å². The van der Waals surface area contributed by atoms with Gasteiger partial charge in [-0.2, -0.15) is 0 Å². The number of hydrogen-bond acceptors (Lipinski definition) is 3. The highest BCUT2D eigenvalue weighted by Crippen LogP contribution is 2.30. The van der Waals surface area contributed by atoms with E-state index in [9.17, 15) is 9.18 Å². The number of primary amides is 1. The Morgan fingerprint density at radius 1 is 1.47 bits per heavy atom. The molecule has 0 aromatic heterocycles. The van der Waals surface area contributed by atoms with Crippen LogP contribution >= 0.6 is 0 Å². The van der Waals surface area contributed by atoms with Crippen molar-refractivity contribution < 1.29 is 9.18 Å². The van der Waals surface area contributed by atoms with E-state index in [0.29, 0.717) is 19.6 Å². The second-order valence-corrected chi connectivity index (χ2v) is 5.50. The lowest BCUT2D eigenvalue weighted by molar-refractivity contribution is -0.126. The fourth-order valence-corrected chi connectivity index (χ4v) is 2.57. The van der Waals surface area contributed by atoms with Crippen molar-refractivity contribution in [2.75, 3.05) is 13.1 Å². The van der Waals surface area contributed by atoms with E-state index >= 15 is 0 Å². The molecular formula is C14H20FN3O. The van der Waals surface area contributed by atoms with E-state index in [4.69, 9.17) is 11.5 Å². The van der Waals surface area contributed by atoms with E-state index in [1.54, 1.807) is 6.07 Å². The second kappa shape index (κ2) is 5.27. The van der Waals surface area contributed by atoms with Gasteiger partial charge < -0.3 is 11.5 Å². The van der Waals surface area contributed by atoms with Crippen molar-refractivity contribution in [1.29, 1.82) is 0 Å². The molecule has 4 N–H and O–H groups in total. The van der Waals surface area contributed by atoms with Crippen molar-refractivity contribution in [3.8, 4) is 0 Å². The lowest BCUT2D eigenvalue weighted by Gasteiger charge is -2.21. The number of nitrogens with zero attached hydrogens (tertiary/aromatic N) is 1. The number of benzene rings is 1. The van der Waals surface area contributed by atoms with Gasteiger partial charge in [0.25, 0.3) is 0 Å². The molecule has 1 aliphatic heterocycles. The van der Waals surface area contributed by atoms with Crippen LogP contribution in [0.1, 0.15) is 24.5 Å². The molecule has 0 spiro atoms. The number of rotatable bonds is 4. The van der Waals surface area contributed by atoms with E-state index in [0.717, 1.165) is 24.1 Å². The topological polar surface area (TPSA) is 72.4 Å². The Morgan fingerprint density at radius 2 is 2.21 bits per heavy atom. The molecule has 1 aliphatic rings. The number of likely N-dealkylation sites (tertiary alicyclic amines) is 1. The fraction of sp³-hybridized carbons (Fsp3) is 0.500. The Bertz CT molecular complexity index is 492. The number of amides is 1. The van der Waals surface area contributed by atoms with Crippen molar-refractivity contribution in [2.45, 2.75) is 26.4 Å². The molecule has 4 nitrogen and oxygen atoms in total. The molecule has 1 atom stereocenters. The van der Waals surface area contributed by atoms with E-state index in [1.807, 2.05) is 6.92 Å². The normalized spacial score (nSPS) is 23.7. The monoisotopic (exact) mass is 265 g/mol. The summed E-state index contributed by atoms with van der Waals surface area (Å²) in [5, 5.41) is 0. The van der Waals surface area contributed by atoms with Crippen molar-refractivity contribution in [2.24, 2.45) is 16.9 Å². The van der Waals surface area contributed by atoms with Gasteiger partial charge in [-0.05, 0) is 43.1 Å². The average molecular weight is 265 g/mol. The quantitative estimate of drug-likeness (QED) is 0.852. The van der Waals surface area contributed by atoms with Crippen LogP contribution in [0.3, 0.4) is 0 Å². The summed E-state index contributed by atoms with van der Waals surface area (Å²) in [5.74, 6) is -0.527. The maximum atomic E-state index is 13.1. The van der Waals surface area contributed by atoms with Gasteiger partial charge in [0.05, 0.1) is 5.41 Å². The Morgan fingerprint density at radius 3 is 2.79 bits per heavy atom. The summed E-state index contributed by atoms with van der Waals surface area (Å²) >= 11 is 0. The van der Waals surface area contributed by atoms with Gasteiger partial charge in [-0.1, -0.05) is 6.07 Å². The zero-order chi connectivity index (χ0) is 14.0. The first-order valence-corrected chi connectivity index (χ1v) is 6.44. The van der Waals surface area contributed by atoms with Crippen LogP contribution in [-0.2, 0) is 17.9 Å². The van der Waals surface area contributed by atoms with Gasteiger partial charge in [0, 0.05) is 19.6 Å². The number of carbonyl (C=O) groups excluding carboxylic acids is 1. The summed E-state index contributed by atoms with van der Waals surface area (Å²) in [6, 6.07) is 4.67.